The van der Waals surface area contributed by atoms with Gasteiger partial charge in [-0.25, -0.2) is 9.78 Å². The molecule has 3 N–H and O–H groups in total. The Bertz CT molecular complexity index is 860. The number of carbonyl (C=O) groups excluding carboxylic acids is 2. The predicted molar refractivity (Wildman–Crippen MR) is 99.0 cm³/mol. The third kappa shape index (κ3) is 3.31. The van der Waals surface area contributed by atoms with Gasteiger partial charge in [0, 0.05) is 12.6 Å². The van der Waals surface area contributed by atoms with Gasteiger partial charge in [-0.1, -0.05) is 0 Å². The van der Waals surface area contributed by atoms with E-state index >= 15 is 0 Å². The number of fused-ring (bicyclic) bond motifs is 1. The number of nitrogens with two attached hydrogens (primary N) is 1. The third-order valence-electron chi connectivity index (χ3n) is 4.76. The summed E-state index contributed by atoms with van der Waals surface area (Å²) in [6.45, 7) is 5.49. The summed E-state index contributed by atoms with van der Waals surface area (Å²) in [6, 6.07) is 5.37. The van der Waals surface area contributed by atoms with Crippen molar-refractivity contribution in [3.8, 4) is 0 Å². The number of nitrogens with one attached hydrogen (secondary N) is 1. The van der Waals surface area contributed by atoms with Crippen LogP contribution in [0.4, 0.5) is 4.79 Å². The maximum absolute atomic E-state index is 12.3. The number of carbonyl (C=O) groups is 2. The van der Waals surface area contributed by atoms with Crippen LogP contribution in [0, 0.1) is 0 Å². The maximum atomic E-state index is 12.3. The van der Waals surface area contributed by atoms with Crippen molar-refractivity contribution < 1.29 is 14.3 Å². The molecule has 0 radical (unpaired) electrons. The molecule has 0 atom stereocenters. The fraction of sp³-hybridized carbons (Fsp3) is 0.526. The lowest BCUT2D eigenvalue weighted by molar-refractivity contribution is 0.0361. The molecule has 1 aliphatic rings. The lowest BCUT2D eigenvalue weighted by Gasteiger charge is -2.41. The van der Waals surface area contributed by atoms with Crippen molar-refractivity contribution in [1.82, 2.24) is 14.9 Å². The number of alkyl carbamates (subject to hydrolysis) is 1. The number of ether oxygens (including phenoxy) is 1. The van der Waals surface area contributed by atoms with Crippen molar-refractivity contribution >= 4 is 22.9 Å². The van der Waals surface area contributed by atoms with Gasteiger partial charge in [-0.3, -0.25) is 4.79 Å². The molecule has 1 aromatic heterocycles. The molecule has 0 spiro atoms. The monoisotopic (exact) mass is 358 g/mol. The third-order valence-corrected chi connectivity index (χ3v) is 4.76. The number of Topliss-reactive ketones (excluding diaryl/α,β-unsaturated/α-hetero) is 1. The van der Waals surface area contributed by atoms with E-state index in [4.69, 9.17) is 15.5 Å². The first-order valence-electron chi connectivity index (χ1n) is 8.87. The molecule has 3 rings (SSSR count). The molecule has 0 bridgehead atoms. The highest BCUT2D eigenvalue weighted by molar-refractivity contribution is 6.00. The normalized spacial score (nSPS) is 16.2. The van der Waals surface area contributed by atoms with Crippen molar-refractivity contribution in [2.24, 2.45) is 12.8 Å². The van der Waals surface area contributed by atoms with Gasteiger partial charge in [0.15, 0.2) is 5.78 Å². The number of aromatic nitrogens is 2. The van der Waals surface area contributed by atoms with Crippen LogP contribution in [0.25, 0.3) is 11.0 Å². The van der Waals surface area contributed by atoms with Gasteiger partial charge in [-0.05, 0) is 58.2 Å². The quantitative estimate of drug-likeness (QED) is 0.819. The Hall–Kier alpha value is -2.41. The van der Waals surface area contributed by atoms with Gasteiger partial charge < -0.3 is 20.4 Å². The molecular formula is C19H26N4O3. The van der Waals surface area contributed by atoms with Gasteiger partial charge in [-0.15, -0.1) is 0 Å². The van der Waals surface area contributed by atoms with E-state index in [1.54, 1.807) is 12.1 Å². The summed E-state index contributed by atoms with van der Waals surface area (Å²) in [6.07, 6.45) is 2.18. The summed E-state index contributed by atoms with van der Waals surface area (Å²) in [4.78, 5) is 28.9. The van der Waals surface area contributed by atoms with Crippen LogP contribution in [-0.2, 0) is 17.3 Å². The number of ketones is 1. The lowest BCUT2D eigenvalue weighted by atomic mass is 9.76. The van der Waals surface area contributed by atoms with Crippen LogP contribution in [0.3, 0.4) is 0 Å². The highest BCUT2D eigenvalue weighted by Crippen LogP contribution is 2.41. The second kappa shape index (κ2) is 6.39. The van der Waals surface area contributed by atoms with E-state index in [-0.39, 0.29) is 12.3 Å². The number of aryl methyl sites for hydroxylation is 1. The Morgan fingerprint density at radius 2 is 2.04 bits per heavy atom. The van der Waals surface area contributed by atoms with E-state index in [9.17, 15) is 9.59 Å². The summed E-state index contributed by atoms with van der Waals surface area (Å²) in [5.41, 5.74) is 6.57. The zero-order valence-corrected chi connectivity index (χ0v) is 15.8. The molecule has 1 saturated carbocycles. The number of hydrogen-bond donors (Lipinski definition) is 2. The number of benzene rings is 1. The average molecular weight is 358 g/mol. The van der Waals surface area contributed by atoms with E-state index in [1.165, 1.54) is 0 Å². The Morgan fingerprint density at radius 3 is 2.58 bits per heavy atom. The summed E-state index contributed by atoms with van der Waals surface area (Å²) >= 11 is 0. The molecule has 26 heavy (non-hydrogen) atoms. The first-order chi connectivity index (χ1) is 12.1. The molecule has 1 heterocycles. The maximum Gasteiger partial charge on any atom is 0.408 e. The number of amides is 1. The van der Waals surface area contributed by atoms with Gasteiger partial charge in [-0.2, -0.15) is 0 Å². The lowest BCUT2D eigenvalue weighted by Crippen LogP contribution is -2.53. The second-order valence-corrected chi connectivity index (χ2v) is 7.89. The van der Waals surface area contributed by atoms with Crippen molar-refractivity contribution in [1.29, 1.82) is 0 Å². The molecule has 7 nitrogen and oxygen atoms in total. The highest BCUT2D eigenvalue weighted by atomic mass is 16.6. The molecule has 1 aromatic carbocycles. The smallest absolute Gasteiger partial charge is 0.408 e. The van der Waals surface area contributed by atoms with E-state index in [1.807, 2.05) is 38.5 Å². The van der Waals surface area contributed by atoms with Crippen molar-refractivity contribution in [2.75, 3.05) is 6.54 Å². The minimum absolute atomic E-state index is 0.0274. The zero-order valence-electron chi connectivity index (χ0n) is 15.8. The SMILES string of the molecule is Cn1c(C2(NC(=O)OC(C)(C)C)CCC2)nc2ccc(C(=O)CN)cc21. The van der Waals surface area contributed by atoms with Gasteiger partial charge >= 0.3 is 6.09 Å². The number of hydrogen-bond acceptors (Lipinski definition) is 5. The zero-order chi connectivity index (χ0) is 19.1. The van der Waals surface area contributed by atoms with Gasteiger partial charge in [0.1, 0.15) is 17.0 Å². The largest absolute Gasteiger partial charge is 0.444 e. The fourth-order valence-corrected chi connectivity index (χ4v) is 3.34. The van der Waals surface area contributed by atoms with E-state index < -0.39 is 17.2 Å². The van der Waals surface area contributed by atoms with Gasteiger partial charge in [0.2, 0.25) is 0 Å². The van der Waals surface area contributed by atoms with Crippen LogP contribution in [0.15, 0.2) is 18.2 Å². The van der Waals surface area contributed by atoms with Crippen molar-refractivity contribution in [2.45, 2.75) is 51.2 Å². The molecule has 0 unspecified atom stereocenters. The Balaban J connectivity index is 1.96. The summed E-state index contributed by atoms with van der Waals surface area (Å²) < 4.78 is 7.37. The number of rotatable bonds is 4. The van der Waals surface area contributed by atoms with Gasteiger partial charge in [0.25, 0.3) is 0 Å². The minimum Gasteiger partial charge on any atom is -0.444 e. The van der Waals surface area contributed by atoms with Crippen LogP contribution >= 0.6 is 0 Å². The topological polar surface area (TPSA) is 99.2 Å². The average Bonchev–Trinajstić information content (AvgIpc) is 2.85. The van der Waals surface area contributed by atoms with Crippen LogP contribution in [0.2, 0.25) is 0 Å². The van der Waals surface area contributed by atoms with E-state index in [0.717, 1.165) is 36.1 Å². The molecule has 1 fully saturated rings. The Kier molecular flexibility index (Phi) is 4.52. The van der Waals surface area contributed by atoms with E-state index in [2.05, 4.69) is 5.32 Å². The van der Waals surface area contributed by atoms with Crippen LogP contribution in [-0.4, -0.2) is 33.6 Å². The molecule has 2 aromatic rings. The molecule has 1 aliphatic carbocycles. The molecule has 0 aliphatic heterocycles. The standard InChI is InChI=1S/C19H26N4O3/c1-18(2,3)26-17(25)22-19(8-5-9-19)16-21-13-7-6-12(15(24)11-20)10-14(13)23(16)4/h6-7,10H,5,8-9,11,20H2,1-4H3,(H,22,25). The molecule has 0 saturated heterocycles. The van der Waals surface area contributed by atoms with E-state index in [0.29, 0.717) is 5.56 Å². The van der Waals surface area contributed by atoms with Crippen LogP contribution in [0.5, 0.6) is 0 Å². The first-order valence-corrected chi connectivity index (χ1v) is 8.87. The van der Waals surface area contributed by atoms with Crippen molar-refractivity contribution in [3.63, 3.8) is 0 Å². The van der Waals surface area contributed by atoms with Crippen LogP contribution in [0.1, 0.15) is 56.2 Å². The fourth-order valence-electron chi connectivity index (χ4n) is 3.34. The summed E-state index contributed by atoms with van der Waals surface area (Å²) in [7, 11) is 1.90. The first kappa shape index (κ1) is 18.4. The van der Waals surface area contributed by atoms with Gasteiger partial charge in [0.05, 0.1) is 17.6 Å². The molecule has 1 amide bonds. The number of nitrogens with zero attached hydrogens (tertiary/aromatic N) is 2. The summed E-state index contributed by atoms with van der Waals surface area (Å²) in [5.74, 6) is 0.668. The number of imidazole rings is 1. The molecular weight excluding hydrogens is 332 g/mol. The Morgan fingerprint density at radius 1 is 1.35 bits per heavy atom. The second-order valence-electron chi connectivity index (χ2n) is 7.89. The minimum atomic E-state index is -0.557. The summed E-state index contributed by atoms with van der Waals surface area (Å²) in [5, 5.41) is 3.02. The highest BCUT2D eigenvalue weighted by Gasteiger charge is 2.44. The molecule has 140 valence electrons. The van der Waals surface area contributed by atoms with Crippen LogP contribution < -0.4 is 11.1 Å². The molecule has 7 heteroatoms. The predicted octanol–water partition coefficient (Wildman–Crippen LogP) is 2.62. The van der Waals surface area contributed by atoms with Crippen molar-refractivity contribution in [3.05, 3.63) is 29.6 Å². The Labute approximate surface area is 152 Å².